The summed E-state index contributed by atoms with van der Waals surface area (Å²) < 4.78 is 0. The summed E-state index contributed by atoms with van der Waals surface area (Å²) in [6, 6.07) is 19.0. The van der Waals surface area contributed by atoms with Gasteiger partial charge < -0.3 is 5.11 Å². The second-order valence-electron chi connectivity index (χ2n) is 7.01. The van der Waals surface area contributed by atoms with Crippen LogP contribution in [0.4, 0.5) is 0 Å². The van der Waals surface area contributed by atoms with Crippen LogP contribution in [0.2, 0.25) is 0 Å². The first-order valence-electron chi connectivity index (χ1n) is 8.49. The highest BCUT2D eigenvalue weighted by Gasteiger charge is 2.29. The molecule has 24 heavy (non-hydrogen) atoms. The molecule has 0 bridgehead atoms. The molecule has 1 aliphatic rings. The Labute approximate surface area is 144 Å². The van der Waals surface area contributed by atoms with Crippen molar-refractivity contribution in [3.05, 3.63) is 70.8 Å². The van der Waals surface area contributed by atoms with Gasteiger partial charge in [0.1, 0.15) is 0 Å². The molecule has 0 aliphatic carbocycles. The van der Waals surface area contributed by atoms with Crippen LogP contribution in [-0.4, -0.2) is 23.2 Å². The molecule has 3 nitrogen and oxygen atoms in total. The largest absolute Gasteiger partial charge is 0.394 e. The van der Waals surface area contributed by atoms with Crippen LogP contribution in [-0.2, 0) is 18.4 Å². The van der Waals surface area contributed by atoms with Gasteiger partial charge in [0.2, 0.25) is 0 Å². The first-order chi connectivity index (χ1) is 11.6. The van der Waals surface area contributed by atoms with Crippen molar-refractivity contribution in [2.75, 3.05) is 13.2 Å². The molecule has 0 saturated heterocycles. The van der Waals surface area contributed by atoms with E-state index >= 15 is 0 Å². The third kappa shape index (κ3) is 3.08. The molecular formula is C21H24N2O. The number of hydrogen-bond donors (Lipinski definition) is 1. The Morgan fingerprint density at radius 2 is 1.88 bits per heavy atom. The molecule has 0 radical (unpaired) electrons. The van der Waals surface area contributed by atoms with E-state index in [1.54, 1.807) is 0 Å². The van der Waals surface area contributed by atoms with Crippen LogP contribution in [0.1, 0.15) is 42.1 Å². The first kappa shape index (κ1) is 16.7. The fourth-order valence-corrected chi connectivity index (χ4v) is 3.65. The summed E-state index contributed by atoms with van der Waals surface area (Å²) in [6.07, 6.45) is 0.997. The van der Waals surface area contributed by atoms with Crippen LogP contribution >= 0.6 is 0 Å². The zero-order valence-electron chi connectivity index (χ0n) is 14.4. The third-order valence-corrected chi connectivity index (χ3v) is 5.04. The molecule has 0 saturated carbocycles. The fourth-order valence-electron chi connectivity index (χ4n) is 3.65. The van der Waals surface area contributed by atoms with Crippen molar-refractivity contribution in [2.45, 2.75) is 38.3 Å². The van der Waals surface area contributed by atoms with Crippen LogP contribution in [0.25, 0.3) is 0 Å². The molecule has 1 N–H and O–H groups in total. The number of aliphatic hydroxyl groups is 1. The second kappa shape index (κ2) is 6.76. The van der Waals surface area contributed by atoms with Crippen LogP contribution in [0.15, 0.2) is 48.5 Å². The zero-order chi connectivity index (χ0) is 17.2. The highest BCUT2D eigenvalue weighted by atomic mass is 16.3. The number of nitrogens with zero attached hydrogens (tertiary/aromatic N) is 2. The first-order valence-corrected chi connectivity index (χ1v) is 8.49. The molecule has 1 aliphatic heterocycles. The molecule has 0 fully saturated rings. The lowest BCUT2D eigenvalue weighted by Gasteiger charge is -2.37. The van der Waals surface area contributed by atoms with E-state index in [0.29, 0.717) is 0 Å². The van der Waals surface area contributed by atoms with Crippen molar-refractivity contribution in [1.82, 2.24) is 4.90 Å². The molecule has 1 atom stereocenters. The molecule has 0 spiro atoms. The van der Waals surface area contributed by atoms with E-state index in [2.05, 4.69) is 35.2 Å². The van der Waals surface area contributed by atoms with Gasteiger partial charge in [0.15, 0.2) is 0 Å². The standard InChI is InChI=1S/C21H24N2O/c1-21(2,15-22)19-10-6-4-8-17(19)13-23-12-11-16-7-3-5-9-18(16)20(23)14-24/h3-10,20,24H,11-14H2,1-2H3. The Hall–Kier alpha value is -2.15. The number of rotatable bonds is 4. The molecule has 124 valence electrons. The van der Waals surface area contributed by atoms with Gasteiger partial charge in [-0.1, -0.05) is 48.5 Å². The minimum Gasteiger partial charge on any atom is -0.394 e. The average molecular weight is 320 g/mol. The number of hydrogen-bond acceptors (Lipinski definition) is 3. The highest BCUT2D eigenvalue weighted by Crippen LogP contribution is 2.33. The summed E-state index contributed by atoms with van der Waals surface area (Å²) >= 11 is 0. The number of aliphatic hydroxyl groups excluding tert-OH is 1. The molecule has 3 rings (SSSR count). The van der Waals surface area contributed by atoms with Gasteiger partial charge in [-0.05, 0) is 42.5 Å². The minimum absolute atomic E-state index is 0.0215. The SMILES string of the molecule is CC(C)(C#N)c1ccccc1CN1CCc2ccccc2C1CO. The van der Waals surface area contributed by atoms with E-state index in [1.807, 2.05) is 38.1 Å². The van der Waals surface area contributed by atoms with E-state index in [9.17, 15) is 10.4 Å². The van der Waals surface area contributed by atoms with Crippen molar-refractivity contribution < 1.29 is 5.11 Å². The molecule has 3 heteroatoms. The second-order valence-corrected chi connectivity index (χ2v) is 7.01. The van der Waals surface area contributed by atoms with Gasteiger partial charge in [-0.3, -0.25) is 4.90 Å². The summed E-state index contributed by atoms with van der Waals surface area (Å²) in [5.41, 5.74) is 4.28. The van der Waals surface area contributed by atoms with Gasteiger partial charge >= 0.3 is 0 Å². The Morgan fingerprint density at radius 1 is 1.17 bits per heavy atom. The Balaban J connectivity index is 1.92. The fraction of sp³-hybridized carbons (Fsp3) is 0.381. The van der Waals surface area contributed by atoms with E-state index in [0.717, 1.165) is 25.1 Å². The molecule has 2 aromatic rings. The maximum absolute atomic E-state index is 9.97. The third-order valence-electron chi connectivity index (χ3n) is 5.04. The quantitative estimate of drug-likeness (QED) is 0.936. The van der Waals surface area contributed by atoms with Gasteiger partial charge in [-0.2, -0.15) is 5.26 Å². The molecule has 1 unspecified atom stereocenters. The van der Waals surface area contributed by atoms with Crippen LogP contribution in [0.3, 0.4) is 0 Å². The zero-order valence-corrected chi connectivity index (χ0v) is 14.4. The maximum atomic E-state index is 9.97. The molecule has 2 aromatic carbocycles. The highest BCUT2D eigenvalue weighted by molar-refractivity contribution is 5.38. The van der Waals surface area contributed by atoms with E-state index in [-0.39, 0.29) is 12.6 Å². The van der Waals surface area contributed by atoms with E-state index in [1.165, 1.54) is 16.7 Å². The van der Waals surface area contributed by atoms with Crippen LogP contribution < -0.4 is 0 Å². The molecular weight excluding hydrogens is 296 g/mol. The topological polar surface area (TPSA) is 47.3 Å². The van der Waals surface area contributed by atoms with Gasteiger partial charge in [0.25, 0.3) is 0 Å². The Kier molecular flexibility index (Phi) is 4.71. The Bertz CT molecular complexity index is 760. The van der Waals surface area contributed by atoms with Crippen molar-refractivity contribution in [3.8, 4) is 6.07 Å². The minimum atomic E-state index is -0.515. The van der Waals surface area contributed by atoms with Crippen LogP contribution in [0, 0.1) is 11.3 Å². The summed E-state index contributed by atoms with van der Waals surface area (Å²) in [5, 5.41) is 19.5. The van der Waals surface area contributed by atoms with Gasteiger partial charge in [-0.15, -0.1) is 0 Å². The van der Waals surface area contributed by atoms with Crippen molar-refractivity contribution in [3.63, 3.8) is 0 Å². The number of nitriles is 1. The predicted octanol–water partition coefficient (Wildman–Crippen LogP) is 3.58. The monoisotopic (exact) mass is 320 g/mol. The summed E-state index contributed by atoms with van der Waals surface area (Å²) in [5.74, 6) is 0. The predicted molar refractivity (Wildman–Crippen MR) is 95.5 cm³/mol. The van der Waals surface area contributed by atoms with Gasteiger partial charge in [-0.25, -0.2) is 0 Å². The van der Waals surface area contributed by atoms with Crippen LogP contribution in [0.5, 0.6) is 0 Å². The number of fused-ring (bicyclic) bond motifs is 1. The smallest absolute Gasteiger partial charge is 0.0769 e. The van der Waals surface area contributed by atoms with E-state index < -0.39 is 5.41 Å². The molecule has 0 amide bonds. The lowest BCUT2D eigenvalue weighted by molar-refractivity contribution is 0.107. The van der Waals surface area contributed by atoms with Gasteiger partial charge in [0, 0.05) is 13.1 Å². The van der Waals surface area contributed by atoms with Crippen molar-refractivity contribution >= 4 is 0 Å². The lowest BCUT2D eigenvalue weighted by Crippen LogP contribution is -2.37. The Morgan fingerprint density at radius 3 is 2.62 bits per heavy atom. The summed E-state index contributed by atoms with van der Waals surface area (Å²) in [6.45, 7) is 5.70. The average Bonchev–Trinajstić information content (AvgIpc) is 2.62. The summed E-state index contributed by atoms with van der Waals surface area (Å²) in [4.78, 5) is 2.33. The number of benzene rings is 2. The van der Waals surface area contributed by atoms with Crippen molar-refractivity contribution in [2.24, 2.45) is 0 Å². The maximum Gasteiger partial charge on any atom is 0.0769 e. The lowest BCUT2D eigenvalue weighted by atomic mass is 9.82. The van der Waals surface area contributed by atoms with Gasteiger partial charge in [0.05, 0.1) is 24.1 Å². The van der Waals surface area contributed by atoms with Crippen molar-refractivity contribution in [1.29, 1.82) is 5.26 Å². The normalized spacial score (nSPS) is 18.0. The molecule has 0 aromatic heterocycles. The molecule has 1 heterocycles. The van der Waals surface area contributed by atoms with E-state index in [4.69, 9.17) is 0 Å². The summed E-state index contributed by atoms with van der Waals surface area (Å²) in [7, 11) is 0.